The minimum atomic E-state index is -0.476. The van der Waals surface area contributed by atoms with Crippen molar-refractivity contribution in [1.29, 1.82) is 0 Å². The highest BCUT2D eigenvalue weighted by atomic mass is 32.1. The number of nitrogens with zero attached hydrogens (tertiary/aromatic N) is 4. The number of carbonyl (C=O) groups excluding carboxylic acids is 1. The van der Waals surface area contributed by atoms with Gasteiger partial charge in [-0.3, -0.25) is 0 Å². The summed E-state index contributed by atoms with van der Waals surface area (Å²) in [6.45, 7) is 11.0. The molecule has 148 valence electrons. The van der Waals surface area contributed by atoms with Crippen LogP contribution in [0.4, 0.5) is 4.79 Å². The third-order valence-corrected chi connectivity index (χ3v) is 5.17. The van der Waals surface area contributed by atoms with E-state index < -0.39 is 5.60 Å². The van der Waals surface area contributed by atoms with Crippen LogP contribution in [-0.4, -0.2) is 50.9 Å². The number of aromatic nitrogens is 3. The van der Waals surface area contributed by atoms with Crippen LogP contribution in [0.5, 0.6) is 0 Å². The van der Waals surface area contributed by atoms with Crippen LogP contribution in [0.15, 0.2) is 4.52 Å². The van der Waals surface area contributed by atoms with Crippen molar-refractivity contribution >= 4 is 17.4 Å². The van der Waals surface area contributed by atoms with Crippen LogP contribution in [0.1, 0.15) is 50.1 Å². The van der Waals surface area contributed by atoms with Crippen molar-refractivity contribution in [3.05, 3.63) is 16.5 Å². The van der Waals surface area contributed by atoms with Crippen LogP contribution in [0.25, 0.3) is 10.8 Å². The Labute approximate surface area is 162 Å². The first-order valence-electron chi connectivity index (χ1n) is 9.08. The van der Waals surface area contributed by atoms with Gasteiger partial charge >= 0.3 is 6.09 Å². The highest BCUT2D eigenvalue weighted by Crippen LogP contribution is 2.28. The Balaban J connectivity index is 1.47. The third-order valence-electron chi connectivity index (χ3n) is 4.11. The van der Waals surface area contributed by atoms with Crippen molar-refractivity contribution < 1.29 is 18.8 Å². The van der Waals surface area contributed by atoms with Crippen molar-refractivity contribution in [2.24, 2.45) is 0 Å². The highest BCUT2D eigenvalue weighted by Gasteiger charge is 2.27. The van der Waals surface area contributed by atoms with Crippen molar-refractivity contribution in [2.75, 3.05) is 13.1 Å². The van der Waals surface area contributed by atoms with Gasteiger partial charge in [0.05, 0.1) is 16.8 Å². The lowest BCUT2D eigenvalue weighted by molar-refractivity contribution is -0.0190. The number of aryl methyl sites for hydroxylation is 2. The van der Waals surface area contributed by atoms with E-state index in [-0.39, 0.29) is 18.8 Å². The number of rotatable bonds is 4. The summed E-state index contributed by atoms with van der Waals surface area (Å²) in [5.41, 5.74) is 0.415. The predicted molar refractivity (Wildman–Crippen MR) is 100 cm³/mol. The van der Waals surface area contributed by atoms with Crippen molar-refractivity contribution in [3.63, 3.8) is 0 Å². The van der Waals surface area contributed by atoms with Crippen LogP contribution in [0, 0.1) is 13.8 Å². The van der Waals surface area contributed by atoms with E-state index >= 15 is 0 Å². The molecule has 8 nitrogen and oxygen atoms in total. The van der Waals surface area contributed by atoms with E-state index in [2.05, 4.69) is 15.1 Å². The molecule has 2 aromatic heterocycles. The van der Waals surface area contributed by atoms with Gasteiger partial charge in [0.2, 0.25) is 0 Å². The first-order valence-corrected chi connectivity index (χ1v) is 9.89. The monoisotopic (exact) mass is 394 g/mol. The van der Waals surface area contributed by atoms with Gasteiger partial charge in [-0.15, -0.1) is 11.3 Å². The molecule has 3 heterocycles. The number of carbonyl (C=O) groups is 1. The maximum absolute atomic E-state index is 12.1. The summed E-state index contributed by atoms with van der Waals surface area (Å²) < 4.78 is 16.7. The van der Waals surface area contributed by atoms with Gasteiger partial charge in [-0.1, -0.05) is 5.16 Å². The zero-order chi connectivity index (χ0) is 19.6. The largest absolute Gasteiger partial charge is 0.444 e. The van der Waals surface area contributed by atoms with Gasteiger partial charge in [0, 0.05) is 13.1 Å². The Morgan fingerprint density at radius 3 is 2.56 bits per heavy atom. The number of hydrogen-bond donors (Lipinski definition) is 0. The Hall–Kier alpha value is -2.00. The maximum atomic E-state index is 12.1. The fourth-order valence-corrected chi connectivity index (χ4v) is 3.70. The fraction of sp³-hybridized carbons (Fsp3) is 0.667. The number of ether oxygens (including phenoxy) is 2. The second-order valence-corrected chi connectivity index (χ2v) is 8.84. The molecule has 0 bridgehead atoms. The Morgan fingerprint density at radius 2 is 1.96 bits per heavy atom. The van der Waals surface area contributed by atoms with Gasteiger partial charge in [-0.25, -0.2) is 9.78 Å². The van der Waals surface area contributed by atoms with Gasteiger partial charge in [0.25, 0.3) is 5.89 Å². The van der Waals surface area contributed by atoms with Crippen LogP contribution in [-0.2, 0) is 16.1 Å². The molecule has 1 aliphatic heterocycles. The van der Waals surface area contributed by atoms with Crippen LogP contribution >= 0.6 is 11.3 Å². The second kappa shape index (κ2) is 7.93. The average Bonchev–Trinajstić information content (AvgIpc) is 3.17. The quantitative estimate of drug-likeness (QED) is 0.780. The molecule has 0 atom stereocenters. The summed E-state index contributed by atoms with van der Waals surface area (Å²) in [6, 6.07) is 0. The molecule has 1 saturated heterocycles. The summed E-state index contributed by atoms with van der Waals surface area (Å²) in [4.78, 5) is 23.5. The second-order valence-electron chi connectivity index (χ2n) is 7.64. The summed E-state index contributed by atoms with van der Waals surface area (Å²) >= 11 is 1.54. The molecule has 0 aliphatic carbocycles. The van der Waals surface area contributed by atoms with Crippen molar-refractivity contribution in [2.45, 2.75) is 65.8 Å². The van der Waals surface area contributed by atoms with E-state index in [9.17, 15) is 4.79 Å². The minimum absolute atomic E-state index is 0.0676. The molecule has 1 aliphatic rings. The van der Waals surface area contributed by atoms with Crippen molar-refractivity contribution in [3.8, 4) is 10.8 Å². The minimum Gasteiger partial charge on any atom is -0.444 e. The molecule has 1 amide bonds. The number of hydrogen-bond acceptors (Lipinski definition) is 8. The zero-order valence-electron chi connectivity index (χ0n) is 16.4. The highest BCUT2D eigenvalue weighted by molar-refractivity contribution is 7.15. The summed E-state index contributed by atoms with van der Waals surface area (Å²) in [5.74, 6) is 1.00. The SMILES string of the molecule is Cc1nc(C)c(-c2nc(COC3CCN(C(=O)OC(C)(C)C)CC3)no2)s1. The fourth-order valence-electron chi connectivity index (χ4n) is 2.86. The molecule has 27 heavy (non-hydrogen) atoms. The lowest BCUT2D eigenvalue weighted by Crippen LogP contribution is -2.43. The molecule has 0 spiro atoms. The molecular formula is C18H26N4O4S. The average molecular weight is 394 g/mol. The molecule has 0 radical (unpaired) electrons. The van der Waals surface area contributed by atoms with E-state index in [0.717, 1.165) is 28.4 Å². The van der Waals surface area contributed by atoms with Gasteiger partial charge in [-0.05, 0) is 47.5 Å². The van der Waals surface area contributed by atoms with E-state index in [4.69, 9.17) is 14.0 Å². The molecule has 0 saturated carbocycles. The normalized spacial score (nSPS) is 16.0. The summed E-state index contributed by atoms with van der Waals surface area (Å²) in [7, 11) is 0. The third kappa shape index (κ3) is 5.26. The maximum Gasteiger partial charge on any atom is 0.410 e. The Kier molecular flexibility index (Phi) is 5.81. The predicted octanol–water partition coefficient (Wildman–Crippen LogP) is 3.73. The van der Waals surface area contributed by atoms with Crippen LogP contribution < -0.4 is 0 Å². The number of amides is 1. The van der Waals surface area contributed by atoms with Gasteiger partial charge in [-0.2, -0.15) is 4.98 Å². The van der Waals surface area contributed by atoms with Gasteiger partial charge < -0.3 is 18.9 Å². The Morgan fingerprint density at radius 1 is 1.26 bits per heavy atom. The molecule has 0 N–H and O–H groups in total. The standard InChI is InChI=1S/C18H26N4O4S/c1-11-15(27-12(2)19-11)16-20-14(21-26-16)10-24-13-6-8-22(9-7-13)17(23)25-18(3,4)5/h13H,6-10H2,1-5H3. The number of likely N-dealkylation sites (tertiary alicyclic amines) is 1. The van der Waals surface area contributed by atoms with Crippen LogP contribution in [0.3, 0.4) is 0 Å². The molecule has 1 fully saturated rings. The lowest BCUT2D eigenvalue weighted by atomic mass is 10.1. The zero-order valence-corrected chi connectivity index (χ0v) is 17.3. The van der Waals surface area contributed by atoms with Gasteiger partial charge in [0.1, 0.15) is 17.1 Å². The molecular weight excluding hydrogens is 368 g/mol. The van der Waals surface area contributed by atoms with Crippen molar-refractivity contribution in [1.82, 2.24) is 20.0 Å². The van der Waals surface area contributed by atoms with E-state index in [0.29, 0.717) is 24.8 Å². The molecule has 0 aromatic carbocycles. The smallest absolute Gasteiger partial charge is 0.410 e. The van der Waals surface area contributed by atoms with E-state index in [1.165, 1.54) is 11.3 Å². The first-order chi connectivity index (χ1) is 12.7. The molecule has 3 rings (SSSR count). The molecule has 2 aromatic rings. The summed E-state index contributed by atoms with van der Waals surface area (Å²) in [6.07, 6.45) is 1.32. The number of thiazole rings is 1. The summed E-state index contributed by atoms with van der Waals surface area (Å²) in [5, 5.41) is 4.96. The van der Waals surface area contributed by atoms with E-state index in [1.807, 2.05) is 34.6 Å². The Bertz CT molecular complexity index is 788. The molecule has 9 heteroatoms. The lowest BCUT2D eigenvalue weighted by Gasteiger charge is -2.33. The topological polar surface area (TPSA) is 90.6 Å². The first kappa shape index (κ1) is 19.8. The van der Waals surface area contributed by atoms with E-state index in [1.54, 1.807) is 4.90 Å². The molecule has 0 unspecified atom stereocenters. The van der Waals surface area contributed by atoms with Gasteiger partial charge in [0.15, 0.2) is 5.82 Å². The van der Waals surface area contributed by atoms with Crippen LogP contribution in [0.2, 0.25) is 0 Å². The number of piperidine rings is 1.